The van der Waals surface area contributed by atoms with Gasteiger partial charge in [-0.1, -0.05) is 36.7 Å². The molecule has 168 valence electrons. The van der Waals surface area contributed by atoms with Gasteiger partial charge < -0.3 is 9.47 Å². The fourth-order valence-electron chi connectivity index (χ4n) is 9.18. The number of hydrogen-bond acceptors (Lipinski definition) is 4. The Morgan fingerprint density at radius 2 is 1.93 bits per heavy atom. The van der Waals surface area contributed by atoms with Gasteiger partial charge in [0.2, 0.25) is 0 Å². The number of esters is 1. The molecule has 6 fully saturated rings. The van der Waals surface area contributed by atoms with Gasteiger partial charge in [-0.15, -0.1) is 0 Å². The topological polar surface area (TPSA) is 52.6 Å². The largest absolute Gasteiger partial charge is 0.469 e. The number of halogens is 1. The van der Waals surface area contributed by atoms with Crippen LogP contribution in [-0.4, -0.2) is 35.4 Å². The van der Waals surface area contributed by atoms with Crippen molar-refractivity contribution in [1.29, 1.82) is 0 Å². The summed E-state index contributed by atoms with van der Waals surface area (Å²) in [4.78, 5) is 25.8. The normalized spacial score (nSPS) is 52.5. The van der Waals surface area contributed by atoms with E-state index in [0.29, 0.717) is 41.8 Å². The van der Waals surface area contributed by atoms with E-state index in [4.69, 9.17) is 9.47 Å². The van der Waals surface area contributed by atoms with Crippen molar-refractivity contribution >= 4 is 27.7 Å². The highest BCUT2D eigenvalue weighted by Crippen LogP contribution is 2.73. The molecule has 6 rings (SSSR count). The number of carbonyl (C=O) groups is 2. The highest BCUT2D eigenvalue weighted by Gasteiger charge is 2.77. The van der Waals surface area contributed by atoms with E-state index < -0.39 is 5.60 Å². The van der Waals surface area contributed by atoms with Gasteiger partial charge in [0, 0.05) is 11.8 Å². The lowest BCUT2D eigenvalue weighted by atomic mass is 9.40. The number of rotatable bonds is 4. The van der Waals surface area contributed by atoms with Gasteiger partial charge in [-0.25, -0.2) is 0 Å². The van der Waals surface area contributed by atoms with Gasteiger partial charge in [0.1, 0.15) is 5.60 Å². The summed E-state index contributed by atoms with van der Waals surface area (Å²) >= 11 is 3.98. The molecule has 1 spiro atoms. The molecular formula is C25H37BrO4. The minimum absolute atomic E-state index is 0.00366. The maximum absolute atomic E-state index is 14.3. The molecule has 0 amide bonds. The minimum Gasteiger partial charge on any atom is -0.469 e. The van der Waals surface area contributed by atoms with Crippen LogP contribution in [0.4, 0.5) is 0 Å². The van der Waals surface area contributed by atoms with Crippen molar-refractivity contribution in [2.45, 2.75) is 95.1 Å². The molecule has 0 unspecified atom stereocenters. The second kappa shape index (κ2) is 7.04. The zero-order valence-electron chi connectivity index (χ0n) is 18.9. The van der Waals surface area contributed by atoms with Crippen LogP contribution in [-0.2, 0) is 19.1 Å². The van der Waals surface area contributed by atoms with Crippen LogP contribution in [0.2, 0.25) is 0 Å². The molecule has 0 aromatic rings. The lowest BCUT2D eigenvalue weighted by Gasteiger charge is -2.71. The molecule has 5 heteroatoms. The standard InChI is InChI=1S/C25H37BrO4/c1-14(5-10-20(27)29-4)17-8-9-18-19-7-6-15-13-16-11-12-23(15,2)25(19,30-16)22(28)21(26)24(17,18)3/h14-19,21H,5-13H2,1-4H3/t14-,15-,16-,17-,18+,19+,21+,23+,24-,25+/m1/s1. The number of Topliss-reactive ketones (excluding diaryl/α,β-unsaturated/α-hetero) is 1. The molecule has 2 aliphatic heterocycles. The van der Waals surface area contributed by atoms with E-state index in [-0.39, 0.29) is 27.7 Å². The van der Waals surface area contributed by atoms with Gasteiger partial charge in [0.05, 0.1) is 18.0 Å². The van der Waals surface area contributed by atoms with E-state index in [9.17, 15) is 9.59 Å². The second-order valence-corrected chi connectivity index (χ2v) is 12.4. The van der Waals surface area contributed by atoms with Crippen LogP contribution in [0, 0.1) is 40.4 Å². The number of alkyl halides is 1. The number of fused-ring (bicyclic) bond motifs is 3. The Kier molecular flexibility index (Phi) is 5.03. The molecule has 2 saturated heterocycles. The Morgan fingerprint density at radius 3 is 2.67 bits per heavy atom. The maximum atomic E-state index is 14.3. The van der Waals surface area contributed by atoms with E-state index >= 15 is 0 Å². The Morgan fingerprint density at radius 1 is 1.20 bits per heavy atom. The molecule has 4 saturated carbocycles. The Labute approximate surface area is 189 Å². The molecule has 0 radical (unpaired) electrons. The molecule has 4 nitrogen and oxygen atoms in total. The smallest absolute Gasteiger partial charge is 0.305 e. The maximum Gasteiger partial charge on any atom is 0.305 e. The first-order valence-electron chi connectivity index (χ1n) is 12.1. The number of ketones is 1. The van der Waals surface area contributed by atoms with Gasteiger partial charge in [0.25, 0.3) is 0 Å². The van der Waals surface area contributed by atoms with Crippen LogP contribution < -0.4 is 0 Å². The third-order valence-electron chi connectivity index (χ3n) is 10.7. The van der Waals surface area contributed by atoms with Crippen molar-refractivity contribution in [3.8, 4) is 0 Å². The number of hydrogen-bond donors (Lipinski definition) is 0. The van der Waals surface area contributed by atoms with Crippen molar-refractivity contribution in [2.75, 3.05) is 7.11 Å². The van der Waals surface area contributed by atoms with Crippen LogP contribution in [0.15, 0.2) is 0 Å². The van der Waals surface area contributed by atoms with Gasteiger partial charge in [-0.05, 0) is 86.4 Å². The van der Waals surface area contributed by atoms with Crippen molar-refractivity contribution in [3.05, 3.63) is 0 Å². The zero-order chi connectivity index (χ0) is 21.5. The summed E-state index contributed by atoms with van der Waals surface area (Å²) in [5.74, 6) is 2.57. The van der Waals surface area contributed by atoms with Crippen molar-refractivity contribution in [2.24, 2.45) is 40.4 Å². The lowest BCUT2D eigenvalue weighted by Crippen LogP contribution is -2.77. The van der Waals surface area contributed by atoms with Crippen molar-refractivity contribution in [1.82, 2.24) is 0 Å². The van der Waals surface area contributed by atoms with Crippen LogP contribution in [0.3, 0.4) is 0 Å². The number of ether oxygens (including phenoxy) is 2. The molecule has 6 aliphatic rings. The molecular weight excluding hydrogens is 444 g/mol. The zero-order valence-corrected chi connectivity index (χ0v) is 20.5. The quantitative estimate of drug-likeness (QED) is 0.404. The summed E-state index contributed by atoms with van der Waals surface area (Å²) in [5, 5.41) is 0. The predicted molar refractivity (Wildman–Crippen MR) is 118 cm³/mol. The molecule has 4 bridgehead atoms. The van der Waals surface area contributed by atoms with Crippen LogP contribution in [0.5, 0.6) is 0 Å². The number of carbonyl (C=O) groups excluding carboxylic acids is 2. The lowest BCUT2D eigenvalue weighted by molar-refractivity contribution is -0.306. The fourth-order valence-corrected chi connectivity index (χ4v) is 10.2. The van der Waals surface area contributed by atoms with Crippen LogP contribution in [0.25, 0.3) is 0 Å². The van der Waals surface area contributed by atoms with Gasteiger partial charge >= 0.3 is 5.97 Å². The first kappa shape index (κ1) is 21.4. The van der Waals surface area contributed by atoms with Gasteiger partial charge in [-0.2, -0.15) is 0 Å². The highest BCUT2D eigenvalue weighted by molar-refractivity contribution is 9.10. The van der Waals surface area contributed by atoms with Crippen LogP contribution >= 0.6 is 15.9 Å². The summed E-state index contributed by atoms with van der Waals surface area (Å²) in [7, 11) is 1.46. The molecule has 0 aromatic carbocycles. The van der Waals surface area contributed by atoms with E-state index in [0.717, 1.165) is 38.5 Å². The average molecular weight is 481 g/mol. The monoisotopic (exact) mass is 480 g/mol. The van der Waals surface area contributed by atoms with E-state index in [1.54, 1.807) is 0 Å². The van der Waals surface area contributed by atoms with Crippen LogP contribution in [0.1, 0.15) is 78.6 Å². The molecule has 30 heavy (non-hydrogen) atoms. The highest BCUT2D eigenvalue weighted by atomic mass is 79.9. The van der Waals surface area contributed by atoms with E-state index in [1.165, 1.54) is 20.0 Å². The Balaban J connectivity index is 1.49. The third-order valence-corrected chi connectivity index (χ3v) is 12.1. The number of methoxy groups -OCH3 is 1. The summed E-state index contributed by atoms with van der Waals surface area (Å²) in [5.41, 5.74) is -0.630. The second-order valence-electron chi connectivity index (χ2n) is 11.5. The average Bonchev–Trinajstić information content (AvgIpc) is 3.08. The molecule has 2 heterocycles. The van der Waals surface area contributed by atoms with Crippen molar-refractivity contribution < 1.29 is 19.1 Å². The molecule has 0 N–H and O–H groups in total. The van der Waals surface area contributed by atoms with Crippen molar-refractivity contribution in [3.63, 3.8) is 0 Å². The fraction of sp³-hybridized carbons (Fsp3) is 0.920. The Hall–Kier alpha value is -0.420. The predicted octanol–water partition coefficient (Wildman–Crippen LogP) is 5.31. The van der Waals surface area contributed by atoms with E-state index in [2.05, 4.69) is 36.7 Å². The summed E-state index contributed by atoms with van der Waals surface area (Å²) in [6.07, 6.45) is 9.73. The Bertz CT molecular complexity index is 753. The summed E-state index contributed by atoms with van der Waals surface area (Å²) in [6, 6.07) is 0. The molecule has 10 atom stereocenters. The SMILES string of the molecule is COC(=O)CC[C@@H](C)[C@H]1CC[C@H]2[C@@H]3CC[C@@H]4C[C@H]5CC[C@]4(C)[C@@]3(O5)C(=O)[C@H](Br)[C@]12C. The first-order valence-corrected chi connectivity index (χ1v) is 13.0. The molecule has 4 aliphatic carbocycles. The van der Waals surface area contributed by atoms with E-state index in [1.807, 2.05) is 0 Å². The summed E-state index contributed by atoms with van der Waals surface area (Å²) in [6.45, 7) is 7.02. The third kappa shape index (κ3) is 2.48. The first-order chi connectivity index (χ1) is 14.2. The van der Waals surface area contributed by atoms with Gasteiger partial charge in [-0.3, -0.25) is 9.59 Å². The minimum atomic E-state index is -0.570. The molecule has 0 aromatic heterocycles. The van der Waals surface area contributed by atoms with Gasteiger partial charge in [0.15, 0.2) is 5.78 Å². The summed E-state index contributed by atoms with van der Waals surface area (Å²) < 4.78 is 11.7.